The molecule has 0 aliphatic carbocycles. The van der Waals surface area contributed by atoms with Gasteiger partial charge in [0.15, 0.2) is 0 Å². The lowest BCUT2D eigenvalue weighted by atomic mass is 10.0. The summed E-state index contributed by atoms with van der Waals surface area (Å²) in [5.74, 6) is 1.00. The van der Waals surface area contributed by atoms with Gasteiger partial charge in [0.2, 0.25) is 0 Å². The first-order valence-electron chi connectivity index (χ1n) is 8.33. The van der Waals surface area contributed by atoms with Crippen molar-refractivity contribution in [2.75, 3.05) is 26.7 Å². The Labute approximate surface area is 129 Å². The molecule has 3 heteroatoms. The van der Waals surface area contributed by atoms with Gasteiger partial charge in [0, 0.05) is 12.1 Å². The lowest BCUT2D eigenvalue weighted by Crippen LogP contribution is -2.46. The molecule has 21 heavy (non-hydrogen) atoms. The number of hydrogen-bond donors (Lipinski definition) is 1. The third kappa shape index (κ3) is 5.01. The van der Waals surface area contributed by atoms with E-state index in [-0.39, 0.29) is 0 Å². The number of nitrogens with one attached hydrogen (secondary N) is 1. The normalized spacial score (nSPS) is 18.6. The Morgan fingerprint density at radius 2 is 2.00 bits per heavy atom. The van der Waals surface area contributed by atoms with Crippen LogP contribution in [0.4, 0.5) is 0 Å². The topological polar surface area (TPSA) is 24.5 Å². The van der Waals surface area contributed by atoms with E-state index in [1.165, 1.54) is 44.5 Å². The van der Waals surface area contributed by atoms with Gasteiger partial charge in [0.1, 0.15) is 5.75 Å². The largest absolute Gasteiger partial charge is 0.496 e. The molecule has 1 aromatic rings. The molecule has 0 spiro atoms. The van der Waals surface area contributed by atoms with Crippen molar-refractivity contribution in [3.05, 3.63) is 29.8 Å². The van der Waals surface area contributed by atoms with Crippen LogP contribution in [0.3, 0.4) is 0 Å². The second-order valence-corrected chi connectivity index (χ2v) is 6.20. The van der Waals surface area contributed by atoms with Crippen LogP contribution in [0.25, 0.3) is 0 Å². The fourth-order valence-electron chi connectivity index (χ4n) is 3.30. The van der Waals surface area contributed by atoms with Gasteiger partial charge < -0.3 is 15.0 Å². The Balaban J connectivity index is 1.78. The van der Waals surface area contributed by atoms with Crippen LogP contribution >= 0.6 is 0 Å². The third-order valence-corrected chi connectivity index (χ3v) is 4.37. The molecule has 0 amide bonds. The number of likely N-dealkylation sites (tertiary alicyclic amines) is 1. The molecule has 0 bridgehead atoms. The highest BCUT2D eigenvalue weighted by molar-refractivity contribution is 5.33. The van der Waals surface area contributed by atoms with Crippen LogP contribution in [0.5, 0.6) is 5.75 Å². The fraction of sp³-hybridized carbons (Fsp3) is 0.667. The molecule has 2 rings (SSSR count). The molecule has 0 aromatic heterocycles. The molecule has 0 saturated carbocycles. The Bertz CT molecular complexity index is 413. The Hall–Kier alpha value is -1.06. The number of rotatable bonds is 7. The predicted molar refractivity (Wildman–Crippen MR) is 89.0 cm³/mol. The SMILES string of the molecule is CCCN1CCC(NC(C)Cc2ccccc2OC)CC1. The lowest BCUT2D eigenvalue weighted by molar-refractivity contribution is 0.192. The van der Waals surface area contributed by atoms with E-state index in [4.69, 9.17) is 4.74 Å². The lowest BCUT2D eigenvalue weighted by Gasteiger charge is -2.33. The third-order valence-electron chi connectivity index (χ3n) is 4.37. The van der Waals surface area contributed by atoms with Crippen molar-refractivity contribution in [2.24, 2.45) is 0 Å². The van der Waals surface area contributed by atoms with Crippen molar-refractivity contribution >= 4 is 0 Å². The number of para-hydroxylation sites is 1. The number of ether oxygens (including phenoxy) is 1. The predicted octanol–water partition coefficient (Wildman–Crippen LogP) is 3.09. The van der Waals surface area contributed by atoms with E-state index in [0.717, 1.165) is 12.2 Å². The van der Waals surface area contributed by atoms with Gasteiger partial charge in [-0.25, -0.2) is 0 Å². The summed E-state index contributed by atoms with van der Waals surface area (Å²) in [6.07, 6.45) is 4.84. The van der Waals surface area contributed by atoms with Crippen molar-refractivity contribution in [1.29, 1.82) is 0 Å². The minimum Gasteiger partial charge on any atom is -0.496 e. The van der Waals surface area contributed by atoms with Gasteiger partial charge in [-0.1, -0.05) is 25.1 Å². The number of piperidine rings is 1. The van der Waals surface area contributed by atoms with Crippen LogP contribution in [-0.2, 0) is 6.42 Å². The molecule has 3 nitrogen and oxygen atoms in total. The molecule has 1 saturated heterocycles. The number of hydrogen-bond acceptors (Lipinski definition) is 3. The van der Waals surface area contributed by atoms with Crippen molar-refractivity contribution in [3.63, 3.8) is 0 Å². The summed E-state index contributed by atoms with van der Waals surface area (Å²) in [6, 6.07) is 9.50. The fourth-order valence-corrected chi connectivity index (χ4v) is 3.30. The first-order chi connectivity index (χ1) is 10.2. The average Bonchev–Trinajstić information content (AvgIpc) is 2.50. The second-order valence-electron chi connectivity index (χ2n) is 6.20. The van der Waals surface area contributed by atoms with Crippen LogP contribution in [0.2, 0.25) is 0 Å². The van der Waals surface area contributed by atoms with Crippen molar-refractivity contribution in [3.8, 4) is 5.75 Å². The Morgan fingerprint density at radius 1 is 1.29 bits per heavy atom. The smallest absolute Gasteiger partial charge is 0.122 e. The zero-order valence-electron chi connectivity index (χ0n) is 13.8. The first-order valence-corrected chi connectivity index (χ1v) is 8.33. The summed E-state index contributed by atoms with van der Waals surface area (Å²) in [7, 11) is 1.75. The minimum atomic E-state index is 0.490. The van der Waals surface area contributed by atoms with E-state index in [9.17, 15) is 0 Å². The molecule has 0 radical (unpaired) electrons. The van der Waals surface area contributed by atoms with Gasteiger partial charge in [-0.2, -0.15) is 0 Å². The van der Waals surface area contributed by atoms with Gasteiger partial charge in [0.05, 0.1) is 7.11 Å². The summed E-state index contributed by atoms with van der Waals surface area (Å²) >= 11 is 0. The Morgan fingerprint density at radius 3 is 2.67 bits per heavy atom. The van der Waals surface area contributed by atoms with Crippen molar-refractivity contribution < 1.29 is 4.74 Å². The standard InChI is InChI=1S/C18H30N2O/c1-4-11-20-12-9-17(10-13-20)19-15(2)14-16-7-5-6-8-18(16)21-3/h5-8,15,17,19H,4,9-14H2,1-3H3. The number of nitrogens with zero attached hydrogens (tertiary/aromatic N) is 1. The number of methoxy groups -OCH3 is 1. The zero-order valence-corrected chi connectivity index (χ0v) is 13.8. The van der Waals surface area contributed by atoms with E-state index in [1.807, 2.05) is 12.1 Å². The number of benzene rings is 1. The Kier molecular flexibility index (Phi) is 6.52. The van der Waals surface area contributed by atoms with Crippen LogP contribution in [0.1, 0.15) is 38.7 Å². The van der Waals surface area contributed by atoms with E-state index >= 15 is 0 Å². The molecular formula is C18H30N2O. The average molecular weight is 290 g/mol. The minimum absolute atomic E-state index is 0.490. The summed E-state index contributed by atoms with van der Waals surface area (Å²) < 4.78 is 5.44. The van der Waals surface area contributed by atoms with E-state index in [2.05, 4.69) is 36.2 Å². The summed E-state index contributed by atoms with van der Waals surface area (Å²) in [5, 5.41) is 3.80. The highest BCUT2D eigenvalue weighted by Crippen LogP contribution is 2.19. The highest BCUT2D eigenvalue weighted by Gasteiger charge is 2.20. The van der Waals surface area contributed by atoms with Crippen LogP contribution in [0, 0.1) is 0 Å². The molecule has 1 aromatic carbocycles. The zero-order chi connectivity index (χ0) is 15.1. The summed E-state index contributed by atoms with van der Waals surface area (Å²) in [5.41, 5.74) is 1.29. The molecular weight excluding hydrogens is 260 g/mol. The van der Waals surface area contributed by atoms with Gasteiger partial charge in [-0.15, -0.1) is 0 Å². The van der Waals surface area contributed by atoms with Gasteiger partial charge in [0.25, 0.3) is 0 Å². The summed E-state index contributed by atoms with van der Waals surface area (Å²) in [4.78, 5) is 2.59. The maximum absolute atomic E-state index is 5.44. The van der Waals surface area contributed by atoms with Crippen molar-refractivity contribution in [1.82, 2.24) is 10.2 Å². The maximum Gasteiger partial charge on any atom is 0.122 e. The summed E-state index contributed by atoms with van der Waals surface area (Å²) in [6.45, 7) is 8.29. The highest BCUT2D eigenvalue weighted by atomic mass is 16.5. The molecule has 118 valence electrons. The van der Waals surface area contributed by atoms with Gasteiger partial charge >= 0.3 is 0 Å². The molecule has 1 fully saturated rings. The molecule has 1 N–H and O–H groups in total. The molecule has 1 unspecified atom stereocenters. The maximum atomic E-state index is 5.44. The van der Waals surface area contributed by atoms with Crippen molar-refractivity contribution in [2.45, 2.75) is 51.6 Å². The molecule has 1 atom stereocenters. The quantitative estimate of drug-likeness (QED) is 0.835. The van der Waals surface area contributed by atoms with E-state index in [1.54, 1.807) is 7.11 Å². The van der Waals surface area contributed by atoms with Gasteiger partial charge in [-0.3, -0.25) is 0 Å². The molecule has 1 heterocycles. The van der Waals surface area contributed by atoms with E-state index in [0.29, 0.717) is 12.1 Å². The van der Waals surface area contributed by atoms with E-state index < -0.39 is 0 Å². The van der Waals surface area contributed by atoms with Gasteiger partial charge in [-0.05, 0) is 63.9 Å². The second kappa shape index (κ2) is 8.40. The molecule has 1 aliphatic heterocycles. The van der Waals surface area contributed by atoms with Crippen LogP contribution in [-0.4, -0.2) is 43.7 Å². The molecule has 1 aliphatic rings. The van der Waals surface area contributed by atoms with Crippen LogP contribution in [0.15, 0.2) is 24.3 Å². The monoisotopic (exact) mass is 290 g/mol. The first kappa shape index (κ1) is 16.3. The van der Waals surface area contributed by atoms with Crippen LogP contribution < -0.4 is 10.1 Å².